The van der Waals surface area contributed by atoms with E-state index in [1.54, 1.807) is 19.0 Å². The number of para-hydroxylation sites is 1. The first-order valence-electron chi connectivity index (χ1n) is 11.0. The summed E-state index contributed by atoms with van der Waals surface area (Å²) in [5, 5.41) is 0. The van der Waals surface area contributed by atoms with Gasteiger partial charge in [-0.25, -0.2) is 9.79 Å². The van der Waals surface area contributed by atoms with Crippen LogP contribution in [0.3, 0.4) is 0 Å². The summed E-state index contributed by atoms with van der Waals surface area (Å²) in [5.74, 6) is 0.607. The van der Waals surface area contributed by atoms with Gasteiger partial charge in [-0.05, 0) is 17.7 Å². The zero-order chi connectivity index (χ0) is 22.2. The summed E-state index contributed by atoms with van der Waals surface area (Å²) in [4.78, 5) is 40.2. The summed E-state index contributed by atoms with van der Waals surface area (Å²) in [6, 6.07) is 19.7. The Kier molecular flexibility index (Phi) is 5.20. The largest absolute Gasteiger partial charge is 0.368 e. The van der Waals surface area contributed by atoms with Crippen LogP contribution in [0.4, 0.5) is 10.5 Å². The van der Waals surface area contributed by atoms with E-state index in [1.807, 2.05) is 24.3 Å². The summed E-state index contributed by atoms with van der Waals surface area (Å²) >= 11 is 0. The fourth-order valence-electron chi connectivity index (χ4n) is 4.77. The maximum atomic E-state index is 13.2. The number of guanidine groups is 1. The highest BCUT2D eigenvalue weighted by Gasteiger charge is 2.52. The van der Waals surface area contributed by atoms with Crippen LogP contribution >= 0.6 is 0 Å². The van der Waals surface area contributed by atoms with Gasteiger partial charge in [-0.15, -0.1) is 0 Å². The average molecular weight is 433 g/mol. The highest BCUT2D eigenvalue weighted by molar-refractivity contribution is 6.03. The molecule has 0 bridgehead atoms. The van der Waals surface area contributed by atoms with Gasteiger partial charge in [0.2, 0.25) is 0 Å². The average Bonchev–Trinajstić information content (AvgIpc) is 3.22. The topological polar surface area (TPSA) is 62.7 Å². The molecule has 0 radical (unpaired) electrons. The first-order chi connectivity index (χ1) is 15.5. The summed E-state index contributed by atoms with van der Waals surface area (Å²) in [5.41, 5.74) is 2.33. The molecule has 2 atom stereocenters. The van der Waals surface area contributed by atoms with Crippen LogP contribution in [0.2, 0.25) is 0 Å². The number of amides is 3. The van der Waals surface area contributed by atoms with E-state index in [0.717, 1.165) is 37.7 Å². The van der Waals surface area contributed by atoms with Crippen molar-refractivity contribution < 1.29 is 9.59 Å². The summed E-state index contributed by atoms with van der Waals surface area (Å²) in [6.07, 6.45) is -0.503. The van der Waals surface area contributed by atoms with Crippen molar-refractivity contribution in [2.75, 3.05) is 45.2 Å². The Bertz CT molecular complexity index is 1020. The van der Waals surface area contributed by atoms with Gasteiger partial charge in [-0.3, -0.25) is 9.69 Å². The van der Waals surface area contributed by atoms with Gasteiger partial charge in [0.1, 0.15) is 0 Å². The molecule has 8 nitrogen and oxygen atoms in total. The smallest absolute Gasteiger partial charge is 0.328 e. The molecule has 166 valence electrons. The Balaban J connectivity index is 1.41. The van der Waals surface area contributed by atoms with Crippen molar-refractivity contribution in [3.63, 3.8) is 0 Å². The molecule has 2 unspecified atom stereocenters. The van der Waals surface area contributed by atoms with Gasteiger partial charge in [-0.1, -0.05) is 48.5 Å². The number of rotatable bonds is 3. The van der Waals surface area contributed by atoms with Crippen molar-refractivity contribution in [1.29, 1.82) is 0 Å². The van der Waals surface area contributed by atoms with E-state index in [0.29, 0.717) is 6.54 Å². The van der Waals surface area contributed by atoms with E-state index >= 15 is 0 Å². The van der Waals surface area contributed by atoms with Crippen LogP contribution < -0.4 is 4.90 Å². The van der Waals surface area contributed by atoms with Crippen LogP contribution in [0.25, 0.3) is 0 Å². The van der Waals surface area contributed by atoms with Crippen LogP contribution in [-0.2, 0) is 11.3 Å². The standard InChI is InChI=1S/C24H28N6O2/c1-26-21-20(22(31)27(2)24(26)32)30(17-18-9-5-3-6-10-18)23(25-21)29-15-13-28(14-16-29)19-11-7-4-8-12-19/h3-12,20-21H,13-17H2,1-2H3. The second-order valence-electron chi connectivity index (χ2n) is 8.50. The first kappa shape index (κ1) is 20.4. The molecular formula is C24H28N6O2. The molecule has 3 amide bonds. The fourth-order valence-corrected chi connectivity index (χ4v) is 4.77. The van der Waals surface area contributed by atoms with Gasteiger partial charge in [-0.2, -0.15) is 0 Å². The van der Waals surface area contributed by atoms with Crippen molar-refractivity contribution in [1.82, 2.24) is 19.6 Å². The maximum Gasteiger partial charge on any atom is 0.328 e. The third-order valence-electron chi connectivity index (χ3n) is 6.57. The number of urea groups is 1. The molecule has 0 aromatic heterocycles. The normalized spacial score (nSPS) is 23.6. The maximum absolute atomic E-state index is 13.2. The Morgan fingerprint density at radius 1 is 0.844 bits per heavy atom. The van der Waals surface area contributed by atoms with Crippen LogP contribution in [0.1, 0.15) is 5.56 Å². The molecule has 0 N–H and O–H groups in total. The lowest BCUT2D eigenvalue weighted by molar-refractivity contribution is -0.136. The summed E-state index contributed by atoms with van der Waals surface area (Å²) in [7, 11) is 3.28. The minimum atomic E-state index is -0.509. The number of likely N-dealkylation sites (N-methyl/N-ethyl adjacent to an activating group) is 2. The van der Waals surface area contributed by atoms with Gasteiger partial charge < -0.3 is 19.6 Å². The van der Waals surface area contributed by atoms with Crippen molar-refractivity contribution >= 4 is 23.6 Å². The van der Waals surface area contributed by atoms with Gasteiger partial charge in [0.15, 0.2) is 18.2 Å². The number of imide groups is 1. The lowest BCUT2D eigenvalue weighted by Crippen LogP contribution is -2.64. The SMILES string of the molecule is CN1C(=O)C2C(N=C(N3CCN(c4ccccc4)CC3)N2Cc2ccccc2)N(C)C1=O. The third kappa shape index (κ3) is 3.45. The van der Waals surface area contributed by atoms with Crippen LogP contribution in [-0.4, -0.2) is 90.0 Å². The number of benzene rings is 2. The van der Waals surface area contributed by atoms with E-state index < -0.39 is 12.2 Å². The molecule has 32 heavy (non-hydrogen) atoms. The molecule has 2 fully saturated rings. The Morgan fingerprint density at radius 2 is 1.44 bits per heavy atom. The van der Waals surface area contributed by atoms with Gasteiger partial charge in [0.05, 0.1) is 0 Å². The van der Waals surface area contributed by atoms with Gasteiger partial charge >= 0.3 is 6.03 Å². The summed E-state index contributed by atoms with van der Waals surface area (Å²) in [6.45, 7) is 3.93. The number of hydrogen-bond donors (Lipinski definition) is 0. The highest BCUT2D eigenvalue weighted by atomic mass is 16.2. The zero-order valence-corrected chi connectivity index (χ0v) is 18.5. The van der Waals surface area contributed by atoms with E-state index in [9.17, 15) is 9.59 Å². The molecule has 2 aromatic rings. The Hall–Kier alpha value is -3.55. The van der Waals surface area contributed by atoms with E-state index in [1.165, 1.54) is 10.6 Å². The predicted octanol–water partition coefficient (Wildman–Crippen LogP) is 1.90. The van der Waals surface area contributed by atoms with Gasteiger partial charge in [0, 0.05) is 52.5 Å². The zero-order valence-electron chi connectivity index (χ0n) is 18.5. The second kappa shape index (κ2) is 8.18. The second-order valence-corrected chi connectivity index (χ2v) is 8.50. The van der Waals surface area contributed by atoms with E-state index in [4.69, 9.17) is 4.99 Å². The molecule has 3 aliphatic rings. The molecule has 3 heterocycles. The number of hydrogen-bond acceptors (Lipinski definition) is 6. The minimum Gasteiger partial charge on any atom is -0.368 e. The molecule has 2 saturated heterocycles. The van der Waals surface area contributed by atoms with Gasteiger partial charge in [0.25, 0.3) is 5.91 Å². The quantitative estimate of drug-likeness (QED) is 0.741. The number of nitrogens with zero attached hydrogens (tertiary/aromatic N) is 6. The Morgan fingerprint density at radius 3 is 2.09 bits per heavy atom. The van der Waals surface area contributed by atoms with Crippen molar-refractivity contribution in [3.8, 4) is 0 Å². The van der Waals surface area contributed by atoms with Crippen LogP contribution in [0.15, 0.2) is 65.7 Å². The van der Waals surface area contributed by atoms with E-state index in [2.05, 4.69) is 51.1 Å². The van der Waals surface area contributed by atoms with Crippen LogP contribution in [0, 0.1) is 0 Å². The number of anilines is 1. The minimum absolute atomic E-state index is 0.198. The van der Waals surface area contributed by atoms with E-state index in [-0.39, 0.29) is 11.9 Å². The first-order valence-corrected chi connectivity index (χ1v) is 11.0. The molecule has 0 saturated carbocycles. The monoisotopic (exact) mass is 432 g/mol. The number of carbonyl (C=O) groups is 2. The molecule has 3 aliphatic heterocycles. The van der Waals surface area contributed by atoms with Crippen molar-refractivity contribution in [2.45, 2.75) is 18.8 Å². The number of piperazine rings is 1. The summed E-state index contributed by atoms with van der Waals surface area (Å²) < 4.78 is 0. The molecule has 8 heteroatoms. The van der Waals surface area contributed by atoms with Crippen molar-refractivity contribution in [2.24, 2.45) is 4.99 Å². The van der Waals surface area contributed by atoms with Crippen molar-refractivity contribution in [3.05, 3.63) is 66.2 Å². The fraction of sp³-hybridized carbons (Fsp3) is 0.375. The predicted molar refractivity (Wildman–Crippen MR) is 123 cm³/mol. The molecule has 0 spiro atoms. The molecule has 0 aliphatic carbocycles. The lowest BCUT2D eigenvalue weighted by Gasteiger charge is -2.42. The third-order valence-corrected chi connectivity index (χ3v) is 6.57. The highest BCUT2D eigenvalue weighted by Crippen LogP contribution is 2.30. The number of fused-ring (bicyclic) bond motifs is 1. The van der Waals surface area contributed by atoms with Crippen LogP contribution in [0.5, 0.6) is 0 Å². The Labute approximate surface area is 188 Å². The number of carbonyl (C=O) groups excluding carboxylic acids is 2. The lowest BCUT2D eigenvalue weighted by atomic mass is 10.1. The molecule has 5 rings (SSSR count). The number of aliphatic imine (C=N–C) groups is 1. The molecule has 2 aromatic carbocycles. The molecular weight excluding hydrogens is 404 g/mol.